The van der Waals surface area contributed by atoms with Crippen molar-refractivity contribution < 1.29 is 32.5 Å². The Morgan fingerprint density at radius 3 is 2.16 bits per heavy atom. The maximum Gasteiger partial charge on any atom is 0.573 e. The molecule has 0 aromatic heterocycles. The molecule has 0 aliphatic heterocycles. The molecule has 1 N–H and O–H groups in total. The van der Waals surface area contributed by atoms with Crippen LogP contribution in [0, 0.1) is 0 Å². The monoisotopic (exact) mass is 396 g/mol. The van der Waals surface area contributed by atoms with Crippen molar-refractivity contribution in [2.45, 2.75) is 12.8 Å². The molecule has 25 heavy (non-hydrogen) atoms. The van der Waals surface area contributed by atoms with Crippen LogP contribution in [-0.2, 0) is 0 Å². The Labute approximate surface area is 151 Å². The van der Waals surface area contributed by atoms with Crippen LogP contribution in [0.15, 0.2) is 36.4 Å². The largest absolute Gasteiger partial charge is 0.573 e. The van der Waals surface area contributed by atoms with Crippen LogP contribution in [0.4, 0.5) is 13.2 Å². The fourth-order valence-electron chi connectivity index (χ4n) is 1.87. The van der Waals surface area contributed by atoms with Crippen LogP contribution in [0.25, 0.3) is 0 Å². The first kappa shape index (κ1) is 19.3. The van der Waals surface area contributed by atoms with Crippen molar-refractivity contribution in [3.63, 3.8) is 0 Å². The molecule has 0 spiro atoms. The molecule has 4 nitrogen and oxygen atoms in total. The summed E-state index contributed by atoms with van der Waals surface area (Å²) in [6.45, 7) is 0.408. The lowest BCUT2D eigenvalue weighted by molar-refractivity contribution is -0.274. The Balaban J connectivity index is 1.79. The lowest BCUT2D eigenvalue weighted by atomic mass is 10.3. The van der Waals surface area contributed by atoms with Gasteiger partial charge in [0, 0.05) is 24.6 Å². The van der Waals surface area contributed by atoms with Crippen LogP contribution in [0.1, 0.15) is 6.42 Å². The number of hydrogen-bond acceptors (Lipinski definition) is 4. The number of hydrogen-bond donors (Lipinski definition) is 1. The Morgan fingerprint density at radius 1 is 0.920 bits per heavy atom. The number of phenolic OH excluding ortho intramolecular Hbond substituents is 1. The third kappa shape index (κ3) is 6.43. The van der Waals surface area contributed by atoms with Crippen LogP contribution < -0.4 is 14.2 Å². The van der Waals surface area contributed by atoms with Gasteiger partial charge in [-0.3, -0.25) is 0 Å². The molecule has 0 fully saturated rings. The maximum absolute atomic E-state index is 12.2. The number of ether oxygens (including phenoxy) is 3. The van der Waals surface area contributed by atoms with E-state index in [4.69, 9.17) is 32.7 Å². The van der Waals surface area contributed by atoms with Crippen LogP contribution in [0.3, 0.4) is 0 Å². The van der Waals surface area contributed by atoms with Gasteiger partial charge in [0.25, 0.3) is 0 Å². The fraction of sp³-hybridized carbons (Fsp3) is 0.250. The highest BCUT2D eigenvalue weighted by Crippen LogP contribution is 2.36. The van der Waals surface area contributed by atoms with E-state index >= 15 is 0 Å². The van der Waals surface area contributed by atoms with Crippen molar-refractivity contribution in [3.8, 4) is 23.0 Å². The van der Waals surface area contributed by atoms with Crippen molar-refractivity contribution in [3.05, 3.63) is 46.4 Å². The first-order valence-electron chi connectivity index (χ1n) is 7.04. The second-order valence-electron chi connectivity index (χ2n) is 4.81. The van der Waals surface area contributed by atoms with E-state index in [1.54, 1.807) is 0 Å². The molecule has 0 bridgehead atoms. The van der Waals surface area contributed by atoms with Gasteiger partial charge in [-0.25, -0.2) is 0 Å². The Hall–Kier alpha value is -1.99. The third-order valence-corrected chi connectivity index (χ3v) is 3.39. The van der Waals surface area contributed by atoms with E-state index in [1.165, 1.54) is 30.3 Å². The van der Waals surface area contributed by atoms with Gasteiger partial charge in [0.05, 0.1) is 23.3 Å². The molecule has 2 aromatic carbocycles. The van der Waals surface area contributed by atoms with Gasteiger partial charge in [0.2, 0.25) is 0 Å². The number of alkyl halides is 3. The number of phenols is 1. The number of rotatable bonds is 7. The highest BCUT2D eigenvalue weighted by Gasteiger charge is 2.31. The predicted octanol–water partition coefficient (Wildman–Crippen LogP) is 5.45. The SMILES string of the molecule is Oc1cc(Cl)c(OCCCOc2cccc(OC(F)(F)F)c2)c(Cl)c1. The second kappa shape index (κ2) is 8.40. The number of benzene rings is 2. The fourth-order valence-corrected chi connectivity index (χ4v) is 2.45. The lowest BCUT2D eigenvalue weighted by Crippen LogP contribution is -2.17. The van der Waals surface area contributed by atoms with E-state index in [0.717, 1.165) is 6.07 Å². The van der Waals surface area contributed by atoms with Crippen molar-refractivity contribution in [2.75, 3.05) is 13.2 Å². The minimum absolute atomic E-state index is 0.0772. The van der Waals surface area contributed by atoms with Gasteiger partial charge in [-0.15, -0.1) is 13.2 Å². The summed E-state index contributed by atoms with van der Waals surface area (Å²) in [5.74, 6) is 0.0414. The summed E-state index contributed by atoms with van der Waals surface area (Å²) in [6, 6.07) is 7.82. The lowest BCUT2D eigenvalue weighted by Gasteiger charge is -2.12. The Kier molecular flexibility index (Phi) is 6.50. The van der Waals surface area contributed by atoms with E-state index < -0.39 is 6.36 Å². The molecule has 0 unspecified atom stereocenters. The minimum atomic E-state index is -4.75. The molecule has 2 aromatic rings. The van der Waals surface area contributed by atoms with Crippen molar-refractivity contribution in [1.82, 2.24) is 0 Å². The van der Waals surface area contributed by atoms with E-state index in [-0.39, 0.29) is 46.3 Å². The van der Waals surface area contributed by atoms with Gasteiger partial charge in [0.15, 0.2) is 5.75 Å². The quantitative estimate of drug-likeness (QED) is 0.632. The zero-order chi connectivity index (χ0) is 18.4. The summed E-state index contributed by atoms with van der Waals surface area (Å²) < 4.78 is 51.1. The van der Waals surface area contributed by atoms with Crippen molar-refractivity contribution in [1.29, 1.82) is 0 Å². The van der Waals surface area contributed by atoms with Crippen molar-refractivity contribution >= 4 is 23.2 Å². The van der Waals surface area contributed by atoms with Crippen molar-refractivity contribution in [2.24, 2.45) is 0 Å². The van der Waals surface area contributed by atoms with Gasteiger partial charge >= 0.3 is 6.36 Å². The van der Waals surface area contributed by atoms with Gasteiger partial charge in [-0.05, 0) is 12.1 Å². The van der Waals surface area contributed by atoms with E-state index in [9.17, 15) is 18.3 Å². The molecule has 0 saturated carbocycles. The minimum Gasteiger partial charge on any atom is -0.508 e. The molecule has 136 valence electrons. The summed E-state index contributed by atoms with van der Waals surface area (Å²) in [4.78, 5) is 0. The van der Waals surface area contributed by atoms with E-state index in [2.05, 4.69) is 4.74 Å². The molecule has 0 aliphatic carbocycles. The number of halogens is 5. The first-order valence-corrected chi connectivity index (χ1v) is 7.79. The highest BCUT2D eigenvalue weighted by atomic mass is 35.5. The molecule has 9 heteroatoms. The summed E-state index contributed by atoms with van der Waals surface area (Å²) in [5.41, 5.74) is 0. The molecular formula is C16H13Cl2F3O4. The predicted molar refractivity (Wildman–Crippen MR) is 86.9 cm³/mol. The maximum atomic E-state index is 12.2. The summed E-state index contributed by atoms with van der Waals surface area (Å²) in [6.07, 6.45) is -4.33. The van der Waals surface area contributed by atoms with Gasteiger partial charge < -0.3 is 19.3 Å². The van der Waals surface area contributed by atoms with Crippen LogP contribution in [0.5, 0.6) is 23.0 Å². The highest BCUT2D eigenvalue weighted by molar-refractivity contribution is 6.37. The van der Waals surface area contributed by atoms with E-state index in [0.29, 0.717) is 6.42 Å². The Bertz CT molecular complexity index is 700. The smallest absolute Gasteiger partial charge is 0.508 e. The molecule has 2 rings (SSSR count). The molecule has 0 amide bonds. The molecule has 0 saturated heterocycles. The topological polar surface area (TPSA) is 47.9 Å². The standard InChI is InChI=1S/C16H13Cl2F3O4/c17-13-7-10(22)8-14(18)15(13)24-6-2-5-23-11-3-1-4-12(9-11)25-16(19,20)21/h1,3-4,7-9,22H,2,5-6H2. The van der Waals surface area contributed by atoms with Gasteiger partial charge in [-0.1, -0.05) is 29.3 Å². The zero-order valence-electron chi connectivity index (χ0n) is 12.6. The van der Waals surface area contributed by atoms with Gasteiger partial charge in [-0.2, -0.15) is 0 Å². The van der Waals surface area contributed by atoms with Gasteiger partial charge in [0.1, 0.15) is 17.2 Å². The molecule has 0 radical (unpaired) electrons. The average molecular weight is 397 g/mol. The third-order valence-electron chi connectivity index (χ3n) is 2.83. The zero-order valence-corrected chi connectivity index (χ0v) is 14.2. The molecule has 0 heterocycles. The molecule has 0 atom stereocenters. The second-order valence-corrected chi connectivity index (χ2v) is 5.63. The summed E-state index contributed by atoms with van der Waals surface area (Å²) >= 11 is 11.8. The first-order chi connectivity index (χ1) is 11.7. The summed E-state index contributed by atoms with van der Waals surface area (Å²) in [7, 11) is 0. The average Bonchev–Trinajstić information content (AvgIpc) is 2.47. The van der Waals surface area contributed by atoms with Crippen LogP contribution in [0.2, 0.25) is 10.0 Å². The molecular weight excluding hydrogens is 384 g/mol. The van der Waals surface area contributed by atoms with E-state index in [1.807, 2.05) is 0 Å². The molecule has 0 aliphatic rings. The Morgan fingerprint density at radius 2 is 1.52 bits per heavy atom. The van der Waals surface area contributed by atoms with Crippen LogP contribution in [-0.4, -0.2) is 24.7 Å². The number of aromatic hydroxyl groups is 1. The van der Waals surface area contributed by atoms with Crippen LogP contribution >= 0.6 is 23.2 Å². The summed E-state index contributed by atoms with van der Waals surface area (Å²) in [5, 5.41) is 9.66. The normalized spacial score (nSPS) is 11.2.